The topological polar surface area (TPSA) is 76.0 Å². The molecule has 0 saturated heterocycles. The highest BCUT2D eigenvalue weighted by molar-refractivity contribution is 5.46. The van der Waals surface area contributed by atoms with Crippen LogP contribution in [0.2, 0.25) is 0 Å². The minimum atomic E-state index is -5.02. The number of halogens is 4. The van der Waals surface area contributed by atoms with Gasteiger partial charge in [0.15, 0.2) is 0 Å². The third kappa shape index (κ3) is 2.63. The molecule has 9 heteroatoms. The summed E-state index contributed by atoms with van der Waals surface area (Å²) < 4.78 is 55.3. The molecule has 0 aliphatic carbocycles. The number of nitriles is 1. The van der Waals surface area contributed by atoms with Gasteiger partial charge in [-0.2, -0.15) is 18.4 Å². The molecule has 2 rings (SSSR count). The Morgan fingerprint density at radius 1 is 1.23 bits per heavy atom. The van der Waals surface area contributed by atoms with Crippen LogP contribution in [-0.4, -0.2) is 4.57 Å². The van der Waals surface area contributed by atoms with Crippen molar-refractivity contribution in [1.29, 1.82) is 5.26 Å². The van der Waals surface area contributed by atoms with Crippen molar-refractivity contribution < 1.29 is 22.0 Å². The lowest BCUT2D eigenvalue weighted by atomic mass is 10.1. The lowest BCUT2D eigenvalue weighted by Gasteiger charge is -2.09. The molecule has 5 nitrogen and oxygen atoms in total. The SMILES string of the molecule is Cc1cc(-n2c(=O)cc(C(F)(F)F)oc2=O)c(F)cc1C#N. The van der Waals surface area contributed by atoms with Crippen molar-refractivity contribution in [3.63, 3.8) is 0 Å². The van der Waals surface area contributed by atoms with Gasteiger partial charge in [0.1, 0.15) is 5.82 Å². The molecule has 0 amide bonds. The Labute approximate surface area is 119 Å². The fraction of sp³-hybridized carbons (Fsp3) is 0.154. The maximum atomic E-state index is 13.9. The van der Waals surface area contributed by atoms with E-state index in [9.17, 15) is 27.2 Å². The molecular formula is C13H6F4N2O3. The summed E-state index contributed by atoms with van der Waals surface area (Å²) in [5.74, 6) is -4.57. The number of aryl methyl sites for hydroxylation is 1. The van der Waals surface area contributed by atoms with Crippen LogP contribution in [0.5, 0.6) is 0 Å². The molecule has 0 N–H and O–H groups in total. The zero-order valence-electron chi connectivity index (χ0n) is 10.9. The molecule has 0 spiro atoms. The van der Waals surface area contributed by atoms with Gasteiger partial charge in [0.2, 0.25) is 5.76 Å². The van der Waals surface area contributed by atoms with Crippen LogP contribution in [0.4, 0.5) is 17.6 Å². The van der Waals surface area contributed by atoms with Crippen molar-refractivity contribution in [1.82, 2.24) is 4.57 Å². The van der Waals surface area contributed by atoms with Crippen molar-refractivity contribution in [3.8, 4) is 11.8 Å². The van der Waals surface area contributed by atoms with Crippen LogP contribution in [0, 0.1) is 24.1 Å². The van der Waals surface area contributed by atoms with Crippen LogP contribution in [0.25, 0.3) is 5.69 Å². The van der Waals surface area contributed by atoms with Gasteiger partial charge in [-0.25, -0.2) is 13.8 Å². The summed E-state index contributed by atoms with van der Waals surface area (Å²) in [6.45, 7) is 1.41. The monoisotopic (exact) mass is 314 g/mol. The van der Waals surface area contributed by atoms with Gasteiger partial charge in [-0.3, -0.25) is 4.79 Å². The van der Waals surface area contributed by atoms with Crippen LogP contribution in [0.15, 0.2) is 32.2 Å². The van der Waals surface area contributed by atoms with Gasteiger partial charge in [-0.15, -0.1) is 0 Å². The fourth-order valence-electron chi connectivity index (χ4n) is 1.75. The summed E-state index contributed by atoms with van der Waals surface area (Å²) in [7, 11) is 0. The Morgan fingerprint density at radius 3 is 2.36 bits per heavy atom. The molecule has 0 bridgehead atoms. The minimum Gasteiger partial charge on any atom is -0.404 e. The molecule has 0 aliphatic heterocycles. The molecular weight excluding hydrogens is 308 g/mol. The van der Waals surface area contributed by atoms with Crippen molar-refractivity contribution in [2.75, 3.05) is 0 Å². The van der Waals surface area contributed by atoms with E-state index in [4.69, 9.17) is 5.26 Å². The van der Waals surface area contributed by atoms with Crippen molar-refractivity contribution in [2.45, 2.75) is 13.1 Å². The first-order valence-electron chi connectivity index (χ1n) is 5.70. The van der Waals surface area contributed by atoms with Gasteiger partial charge in [0.25, 0.3) is 5.56 Å². The van der Waals surface area contributed by atoms with Crippen LogP contribution in [0.3, 0.4) is 0 Å². The summed E-state index contributed by atoms with van der Waals surface area (Å²) in [6.07, 6.45) is -5.02. The van der Waals surface area contributed by atoms with Crippen LogP contribution < -0.4 is 11.3 Å². The first-order chi connectivity index (χ1) is 10.1. The number of nitrogens with zero attached hydrogens (tertiary/aromatic N) is 2. The number of alkyl halides is 3. The Kier molecular flexibility index (Phi) is 3.62. The zero-order chi connectivity index (χ0) is 16.7. The van der Waals surface area contributed by atoms with E-state index in [2.05, 4.69) is 4.42 Å². The second kappa shape index (κ2) is 5.14. The number of benzene rings is 1. The second-order valence-electron chi connectivity index (χ2n) is 4.28. The number of aromatic nitrogens is 1. The first kappa shape index (κ1) is 15.5. The van der Waals surface area contributed by atoms with Crippen molar-refractivity contribution in [3.05, 3.63) is 61.8 Å². The Hall–Kier alpha value is -2.89. The minimum absolute atomic E-state index is 0.0365. The lowest BCUT2D eigenvalue weighted by Crippen LogP contribution is -2.33. The second-order valence-corrected chi connectivity index (χ2v) is 4.28. The Bertz CT molecular complexity index is 872. The number of rotatable bonds is 1. The maximum Gasteiger partial charge on any atom is 0.449 e. The summed E-state index contributed by atoms with van der Waals surface area (Å²) in [6, 6.07) is 3.52. The van der Waals surface area contributed by atoms with Gasteiger partial charge in [0, 0.05) is 0 Å². The Balaban J connectivity index is 2.76. The molecule has 0 aliphatic rings. The standard InChI is InChI=1S/C13H6F4N2O3/c1-6-2-9(8(14)3-7(6)5-18)19-11(20)4-10(13(15,16)17)22-12(19)21/h2-4H,1H3. The van der Waals surface area contributed by atoms with E-state index in [1.807, 2.05) is 0 Å². The average Bonchev–Trinajstić information content (AvgIpc) is 2.40. The molecule has 0 atom stereocenters. The summed E-state index contributed by atoms with van der Waals surface area (Å²) in [4.78, 5) is 23.3. The molecule has 114 valence electrons. The smallest absolute Gasteiger partial charge is 0.404 e. The first-order valence-corrected chi connectivity index (χ1v) is 5.70. The van der Waals surface area contributed by atoms with Gasteiger partial charge in [-0.1, -0.05) is 0 Å². The van der Waals surface area contributed by atoms with E-state index in [0.717, 1.165) is 12.1 Å². The lowest BCUT2D eigenvalue weighted by molar-refractivity contribution is -0.155. The van der Waals surface area contributed by atoms with Crippen LogP contribution in [0.1, 0.15) is 16.9 Å². The van der Waals surface area contributed by atoms with Gasteiger partial charge in [0.05, 0.1) is 23.4 Å². The van der Waals surface area contributed by atoms with E-state index >= 15 is 0 Å². The molecule has 2 aromatic rings. The van der Waals surface area contributed by atoms with E-state index in [1.54, 1.807) is 6.07 Å². The molecule has 0 radical (unpaired) electrons. The van der Waals surface area contributed by atoms with Crippen molar-refractivity contribution >= 4 is 0 Å². The highest BCUT2D eigenvalue weighted by Gasteiger charge is 2.35. The summed E-state index contributed by atoms with van der Waals surface area (Å²) in [5.41, 5.74) is -1.79. The third-order valence-electron chi connectivity index (χ3n) is 2.79. The summed E-state index contributed by atoms with van der Waals surface area (Å²) >= 11 is 0. The van der Waals surface area contributed by atoms with E-state index in [0.29, 0.717) is 0 Å². The zero-order valence-corrected chi connectivity index (χ0v) is 10.9. The fourth-order valence-corrected chi connectivity index (χ4v) is 1.75. The molecule has 0 unspecified atom stereocenters. The number of hydrogen-bond donors (Lipinski definition) is 0. The highest BCUT2D eigenvalue weighted by Crippen LogP contribution is 2.27. The maximum absolute atomic E-state index is 13.9. The molecule has 22 heavy (non-hydrogen) atoms. The molecule has 0 saturated carbocycles. The van der Waals surface area contributed by atoms with Crippen LogP contribution in [-0.2, 0) is 6.18 Å². The van der Waals surface area contributed by atoms with Gasteiger partial charge in [-0.05, 0) is 24.6 Å². The molecule has 1 aromatic heterocycles. The quantitative estimate of drug-likeness (QED) is 0.756. The molecule has 1 aromatic carbocycles. The van der Waals surface area contributed by atoms with Gasteiger partial charge >= 0.3 is 11.9 Å². The predicted molar refractivity (Wildman–Crippen MR) is 65.0 cm³/mol. The number of hydrogen-bond acceptors (Lipinski definition) is 4. The highest BCUT2D eigenvalue weighted by atomic mass is 19.4. The predicted octanol–water partition coefficient (Wildman–Crippen LogP) is 2.13. The third-order valence-corrected chi connectivity index (χ3v) is 2.79. The summed E-state index contributed by atoms with van der Waals surface area (Å²) in [5, 5.41) is 8.75. The molecule has 1 heterocycles. The van der Waals surface area contributed by atoms with E-state index in [-0.39, 0.29) is 21.8 Å². The largest absolute Gasteiger partial charge is 0.449 e. The van der Waals surface area contributed by atoms with Gasteiger partial charge < -0.3 is 4.42 Å². The van der Waals surface area contributed by atoms with E-state index < -0.39 is 34.8 Å². The molecule has 0 fully saturated rings. The van der Waals surface area contributed by atoms with Crippen molar-refractivity contribution in [2.24, 2.45) is 0 Å². The average molecular weight is 314 g/mol. The normalized spacial score (nSPS) is 11.3. The Morgan fingerprint density at radius 2 is 1.86 bits per heavy atom. The van der Waals surface area contributed by atoms with E-state index in [1.165, 1.54) is 6.92 Å². The van der Waals surface area contributed by atoms with Crippen LogP contribution >= 0.6 is 0 Å².